The average molecular weight is 509 g/mol. The van der Waals surface area contributed by atoms with Crippen molar-refractivity contribution < 1.29 is 33.4 Å². The van der Waals surface area contributed by atoms with E-state index in [-0.39, 0.29) is 22.9 Å². The Morgan fingerprint density at radius 3 is 2.69 bits per heavy atom. The molecule has 0 aromatic heterocycles. The summed E-state index contributed by atoms with van der Waals surface area (Å²) >= 11 is 6.13. The van der Waals surface area contributed by atoms with Gasteiger partial charge in [0.15, 0.2) is 0 Å². The molecule has 190 valence electrons. The lowest BCUT2D eigenvalue weighted by Crippen LogP contribution is -2.54. The van der Waals surface area contributed by atoms with E-state index < -0.39 is 48.1 Å². The number of rotatable bonds is 8. The highest BCUT2D eigenvalue weighted by Gasteiger charge is 2.41. The molecule has 2 unspecified atom stereocenters. The van der Waals surface area contributed by atoms with Gasteiger partial charge in [-0.05, 0) is 44.9 Å². The van der Waals surface area contributed by atoms with Crippen LogP contribution in [-0.2, 0) is 28.7 Å². The molecule has 11 nitrogen and oxygen atoms in total. The van der Waals surface area contributed by atoms with Gasteiger partial charge < -0.3 is 30.3 Å². The molecule has 3 N–H and O–H groups in total. The average Bonchev–Trinajstić information content (AvgIpc) is 3.41. The number of amides is 4. The molecule has 0 bridgehead atoms. The zero-order chi connectivity index (χ0) is 25.7. The summed E-state index contributed by atoms with van der Waals surface area (Å²) in [5, 5.41) is 8.13. The Hall–Kier alpha value is -3.18. The second-order valence-electron chi connectivity index (χ2n) is 8.39. The van der Waals surface area contributed by atoms with Crippen LogP contribution in [0.15, 0.2) is 18.2 Å². The predicted octanol–water partition coefficient (Wildman–Crippen LogP) is 1.20. The van der Waals surface area contributed by atoms with Crippen LogP contribution in [0.2, 0.25) is 5.02 Å². The van der Waals surface area contributed by atoms with Gasteiger partial charge in [0.05, 0.1) is 17.1 Å². The maximum atomic E-state index is 13.1. The molecule has 12 heteroatoms. The molecule has 2 fully saturated rings. The Balaban J connectivity index is 1.61. The van der Waals surface area contributed by atoms with Crippen LogP contribution in [0.5, 0.6) is 0 Å². The molecule has 0 spiro atoms. The molecule has 2 aliphatic rings. The Kier molecular flexibility index (Phi) is 8.68. The number of likely N-dealkylation sites (tertiary alicyclic amines) is 1. The summed E-state index contributed by atoms with van der Waals surface area (Å²) in [6, 6.07) is 2.11. The first-order valence-electron chi connectivity index (χ1n) is 11.4. The molecule has 1 aromatic rings. The number of halogens is 1. The fourth-order valence-electron chi connectivity index (χ4n) is 4.09. The minimum Gasteiger partial charge on any atom is -0.433 e. The van der Waals surface area contributed by atoms with E-state index in [4.69, 9.17) is 21.1 Å². The van der Waals surface area contributed by atoms with Gasteiger partial charge in [-0.25, -0.2) is 0 Å². The Morgan fingerprint density at radius 1 is 1.29 bits per heavy atom. The highest BCUT2D eigenvalue weighted by Crippen LogP contribution is 2.24. The van der Waals surface area contributed by atoms with E-state index in [1.165, 1.54) is 36.9 Å². The fourth-order valence-corrected chi connectivity index (χ4v) is 4.32. The lowest BCUT2D eigenvalue weighted by atomic mass is 10.1. The van der Waals surface area contributed by atoms with Crippen LogP contribution in [-0.4, -0.2) is 72.1 Å². The molecule has 3 rings (SSSR count). The number of nitrogens with zero attached hydrogens (tertiary/aromatic N) is 1. The van der Waals surface area contributed by atoms with E-state index >= 15 is 0 Å². The molecule has 35 heavy (non-hydrogen) atoms. The predicted molar refractivity (Wildman–Crippen MR) is 125 cm³/mol. The van der Waals surface area contributed by atoms with Gasteiger partial charge in [0.1, 0.15) is 18.1 Å². The van der Waals surface area contributed by atoms with E-state index in [0.29, 0.717) is 31.7 Å². The summed E-state index contributed by atoms with van der Waals surface area (Å²) in [5.74, 6) is -2.09. The van der Waals surface area contributed by atoms with Crippen molar-refractivity contribution in [2.24, 2.45) is 0 Å². The van der Waals surface area contributed by atoms with E-state index in [1.54, 1.807) is 6.92 Å². The summed E-state index contributed by atoms with van der Waals surface area (Å²) in [4.78, 5) is 62.9. The van der Waals surface area contributed by atoms with E-state index in [0.717, 1.165) is 0 Å². The first-order chi connectivity index (χ1) is 16.6. The van der Waals surface area contributed by atoms with Gasteiger partial charge in [0, 0.05) is 25.6 Å². The number of benzene rings is 1. The van der Waals surface area contributed by atoms with Crippen molar-refractivity contribution in [3.8, 4) is 0 Å². The summed E-state index contributed by atoms with van der Waals surface area (Å²) in [6.45, 7) is 5.31. The lowest BCUT2D eigenvalue weighted by Gasteiger charge is -2.28. The molecular weight excluding hydrogens is 480 g/mol. The summed E-state index contributed by atoms with van der Waals surface area (Å²) in [5.41, 5.74) is 0.582. The number of nitrogens with one attached hydrogen (secondary N) is 3. The Labute approximate surface area is 207 Å². The number of esters is 1. The lowest BCUT2D eigenvalue weighted by molar-refractivity contribution is -0.164. The largest absolute Gasteiger partial charge is 0.433 e. The van der Waals surface area contributed by atoms with Crippen molar-refractivity contribution in [1.82, 2.24) is 15.5 Å². The van der Waals surface area contributed by atoms with Crippen molar-refractivity contribution in [1.29, 1.82) is 0 Å². The van der Waals surface area contributed by atoms with Gasteiger partial charge in [0.2, 0.25) is 24.0 Å². The van der Waals surface area contributed by atoms with Crippen molar-refractivity contribution >= 4 is 46.9 Å². The van der Waals surface area contributed by atoms with Crippen LogP contribution in [0.25, 0.3) is 0 Å². The Bertz CT molecular complexity index is 1020. The number of hydrogen-bond donors (Lipinski definition) is 3. The third kappa shape index (κ3) is 6.49. The molecule has 1 aromatic carbocycles. The first-order valence-corrected chi connectivity index (χ1v) is 11.8. The molecule has 4 amide bonds. The topological polar surface area (TPSA) is 143 Å². The maximum Gasteiger partial charge on any atom is 0.310 e. The van der Waals surface area contributed by atoms with Crippen LogP contribution < -0.4 is 16.0 Å². The van der Waals surface area contributed by atoms with E-state index in [1.807, 2.05) is 0 Å². The van der Waals surface area contributed by atoms with Crippen molar-refractivity contribution in [2.75, 3.05) is 18.5 Å². The van der Waals surface area contributed by atoms with E-state index in [2.05, 4.69) is 16.0 Å². The first kappa shape index (κ1) is 26.4. The quantitative estimate of drug-likeness (QED) is 0.448. The molecule has 0 aliphatic carbocycles. The molecule has 4 atom stereocenters. The van der Waals surface area contributed by atoms with Gasteiger partial charge in [-0.15, -0.1) is 0 Å². The second kappa shape index (κ2) is 11.5. The third-order valence-corrected chi connectivity index (χ3v) is 6.03. The maximum absolute atomic E-state index is 13.1. The van der Waals surface area contributed by atoms with E-state index in [9.17, 15) is 24.0 Å². The number of hydrogen-bond acceptors (Lipinski definition) is 7. The molecule has 2 heterocycles. The van der Waals surface area contributed by atoms with Crippen molar-refractivity contribution in [3.05, 3.63) is 28.8 Å². The van der Waals surface area contributed by atoms with Gasteiger partial charge in [-0.3, -0.25) is 24.0 Å². The molecular formula is C23H29ClN4O7. The number of anilines is 1. The van der Waals surface area contributed by atoms with Crippen LogP contribution in [0.1, 0.15) is 50.4 Å². The van der Waals surface area contributed by atoms with Crippen LogP contribution in [0.4, 0.5) is 5.69 Å². The van der Waals surface area contributed by atoms with Crippen LogP contribution in [0, 0.1) is 0 Å². The van der Waals surface area contributed by atoms with Gasteiger partial charge in [-0.2, -0.15) is 0 Å². The molecule has 0 saturated carbocycles. The number of carbonyl (C=O) groups excluding carboxylic acids is 5. The van der Waals surface area contributed by atoms with Crippen LogP contribution >= 0.6 is 11.6 Å². The molecule has 0 radical (unpaired) electrons. The third-order valence-electron chi connectivity index (χ3n) is 5.72. The van der Waals surface area contributed by atoms with Gasteiger partial charge >= 0.3 is 5.97 Å². The van der Waals surface area contributed by atoms with Crippen LogP contribution in [0.3, 0.4) is 0 Å². The fraction of sp³-hybridized carbons (Fsp3) is 0.522. The standard InChI is InChI=1S/C23H29ClN4O7/c1-4-34-23-17(11-19(30)35-23)27-21(32)18-6-5-9-28(18)22(33)12(2)25-20(31)14-7-8-16(15(24)10-14)26-13(3)29/h7-8,10,12,17-18,23H,4-6,9,11H2,1-3H3,(H,25,31)(H,26,29)(H,27,32)/t12-,17-,18?,23?/m0/s1. The van der Waals surface area contributed by atoms with Gasteiger partial charge in [-0.1, -0.05) is 11.6 Å². The van der Waals surface area contributed by atoms with Crippen molar-refractivity contribution in [2.45, 2.75) is 64.4 Å². The minimum absolute atomic E-state index is 0.00712. The SMILES string of the molecule is CCOC1OC(=O)C[C@@H]1NC(=O)C1CCCN1C(=O)[C@H](C)NC(=O)c1ccc(NC(C)=O)c(Cl)c1. The Morgan fingerprint density at radius 2 is 2.03 bits per heavy atom. The monoisotopic (exact) mass is 508 g/mol. The minimum atomic E-state index is -0.905. The smallest absolute Gasteiger partial charge is 0.310 e. The number of cyclic esters (lactones) is 1. The zero-order valence-corrected chi connectivity index (χ0v) is 20.5. The summed E-state index contributed by atoms with van der Waals surface area (Å²) in [7, 11) is 0. The summed E-state index contributed by atoms with van der Waals surface area (Å²) < 4.78 is 10.4. The zero-order valence-electron chi connectivity index (χ0n) is 19.8. The molecule has 2 saturated heterocycles. The highest BCUT2D eigenvalue weighted by atomic mass is 35.5. The molecule has 2 aliphatic heterocycles. The number of ether oxygens (including phenoxy) is 2. The normalized spacial score (nSPS) is 22.3. The summed E-state index contributed by atoms with van der Waals surface area (Å²) in [6.07, 6.45) is 0.218. The highest BCUT2D eigenvalue weighted by molar-refractivity contribution is 6.34. The van der Waals surface area contributed by atoms with Gasteiger partial charge in [0.25, 0.3) is 5.91 Å². The second-order valence-corrected chi connectivity index (χ2v) is 8.80. The number of carbonyl (C=O) groups is 5. The van der Waals surface area contributed by atoms with Crippen molar-refractivity contribution in [3.63, 3.8) is 0 Å².